The highest BCUT2D eigenvalue weighted by molar-refractivity contribution is 5.97. The van der Waals surface area contributed by atoms with Gasteiger partial charge in [0.05, 0.1) is 29.4 Å². The summed E-state index contributed by atoms with van der Waals surface area (Å²) < 4.78 is 2.14. The van der Waals surface area contributed by atoms with Gasteiger partial charge in [0.15, 0.2) is 0 Å². The number of carbonyl (C=O) groups is 1. The van der Waals surface area contributed by atoms with Crippen LogP contribution in [0.3, 0.4) is 0 Å². The zero-order valence-electron chi connectivity index (χ0n) is 16.7. The molecule has 0 spiro atoms. The Balaban J connectivity index is 1.57. The van der Waals surface area contributed by atoms with Gasteiger partial charge in [0.25, 0.3) is 5.91 Å². The molecule has 0 aliphatic rings. The molecule has 0 unspecified atom stereocenters. The smallest absolute Gasteiger partial charge is 0.251 e. The number of nitrogens with zero attached hydrogens (tertiary/aromatic N) is 2. The molecule has 0 saturated heterocycles. The van der Waals surface area contributed by atoms with Crippen LogP contribution in [0, 0.1) is 0 Å². The molecule has 0 aliphatic carbocycles. The summed E-state index contributed by atoms with van der Waals surface area (Å²) in [5.74, 6) is -0.0757. The molecule has 4 nitrogen and oxygen atoms in total. The minimum absolute atomic E-state index is 0.00458. The lowest BCUT2D eigenvalue weighted by molar-refractivity contribution is 0.0935. The van der Waals surface area contributed by atoms with Crippen molar-refractivity contribution in [2.75, 3.05) is 0 Å². The first-order chi connectivity index (χ1) is 14.2. The van der Waals surface area contributed by atoms with E-state index in [-0.39, 0.29) is 18.0 Å². The summed E-state index contributed by atoms with van der Waals surface area (Å²) in [6.07, 6.45) is 2.68. The Morgan fingerprint density at radius 3 is 2.28 bits per heavy atom. The van der Waals surface area contributed by atoms with Gasteiger partial charge in [0, 0.05) is 5.56 Å². The van der Waals surface area contributed by atoms with Crippen LogP contribution in [-0.2, 0) is 0 Å². The van der Waals surface area contributed by atoms with E-state index in [2.05, 4.69) is 40.8 Å². The van der Waals surface area contributed by atoms with Gasteiger partial charge < -0.3 is 9.88 Å². The van der Waals surface area contributed by atoms with Gasteiger partial charge in [-0.2, -0.15) is 0 Å². The maximum Gasteiger partial charge on any atom is 0.251 e. The van der Waals surface area contributed by atoms with Crippen molar-refractivity contribution in [3.05, 3.63) is 102 Å². The van der Waals surface area contributed by atoms with Crippen molar-refractivity contribution < 1.29 is 4.79 Å². The van der Waals surface area contributed by atoms with Crippen molar-refractivity contribution in [2.24, 2.45) is 0 Å². The van der Waals surface area contributed by atoms with E-state index >= 15 is 0 Å². The van der Waals surface area contributed by atoms with E-state index in [0.29, 0.717) is 5.56 Å². The summed E-state index contributed by atoms with van der Waals surface area (Å²) in [6, 6.07) is 26.3. The van der Waals surface area contributed by atoms with Crippen molar-refractivity contribution in [1.82, 2.24) is 14.9 Å². The summed E-state index contributed by atoms with van der Waals surface area (Å²) in [5.41, 5.74) is 4.82. The fraction of sp³-hybridized carbons (Fsp3) is 0.200. The van der Waals surface area contributed by atoms with E-state index in [4.69, 9.17) is 0 Å². The second-order valence-corrected chi connectivity index (χ2v) is 7.29. The lowest BCUT2D eigenvalue weighted by atomic mass is 10.0. The molecule has 2 atom stereocenters. The van der Waals surface area contributed by atoms with E-state index in [0.717, 1.165) is 23.0 Å². The number of nitrogens with one attached hydrogen (secondary N) is 1. The number of hydrogen-bond donors (Lipinski definition) is 1. The largest absolute Gasteiger partial charge is 0.345 e. The summed E-state index contributed by atoms with van der Waals surface area (Å²) >= 11 is 0. The number of hydrogen-bond acceptors (Lipinski definition) is 2. The van der Waals surface area contributed by atoms with Gasteiger partial charge in [-0.25, -0.2) is 4.98 Å². The third kappa shape index (κ3) is 3.92. The highest BCUT2D eigenvalue weighted by atomic mass is 16.1. The molecule has 0 radical (unpaired) electrons. The number of benzene rings is 3. The Morgan fingerprint density at radius 2 is 1.62 bits per heavy atom. The summed E-state index contributed by atoms with van der Waals surface area (Å²) in [4.78, 5) is 17.4. The van der Waals surface area contributed by atoms with Crippen LogP contribution in [0.4, 0.5) is 0 Å². The van der Waals surface area contributed by atoms with Gasteiger partial charge in [0.2, 0.25) is 0 Å². The number of rotatable bonds is 6. The van der Waals surface area contributed by atoms with Gasteiger partial charge in [-0.1, -0.05) is 67.6 Å². The molecule has 4 heteroatoms. The quantitative estimate of drug-likeness (QED) is 0.476. The molecule has 0 aliphatic heterocycles. The van der Waals surface area contributed by atoms with Crippen molar-refractivity contribution in [1.29, 1.82) is 0 Å². The topological polar surface area (TPSA) is 46.9 Å². The first-order valence-electron chi connectivity index (χ1n) is 10.0. The molecule has 29 heavy (non-hydrogen) atoms. The Kier molecular flexibility index (Phi) is 5.43. The molecule has 0 saturated carbocycles. The Morgan fingerprint density at radius 1 is 0.966 bits per heavy atom. The predicted octanol–water partition coefficient (Wildman–Crippen LogP) is 5.53. The number of imidazole rings is 1. The van der Waals surface area contributed by atoms with E-state index < -0.39 is 0 Å². The van der Waals surface area contributed by atoms with Crippen molar-refractivity contribution in [3.8, 4) is 0 Å². The molecule has 3 aromatic carbocycles. The van der Waals surface area contributed by atoms with Crippen LogP contribution >= 0.6 is 0 Å². The highest BCUT2D eigenvalue weighted by Gasteiger charge is 2.16. The van der Waals surface area contributed by atoms with E-state index in [1.807, 2.05) is 73.1 Å². The fourth-order valence-electron chi connectivity index (χ4n) is 3.72. The lowest BCUT2D eigenvalue weighted by Crippen LogP contribution is -2.28. The second-order valence-electron chi connectivity index (χ2n) is 7.29. The first-order valence-corrected chi connectivity index (χ1v) is 10.0. The Hall–Kier alpha value is -3.40. The molecule has 146 valence electrons. The average Bonchev–Trinajstić information content (AvgIpc) is 3.21. The number of carbonyl (C=O) groups excluding carboxylic acids is 1. The average molecular weight is 383 g/mol. The summed E-state index contributed by atoms with van der Waals surface area (Å²) in [6.45, 7) is 4.23. The third-order valence-electron chi connectivity index (χ3n) is 5.45. The zero-order chi connectivity index (χ0) is 20.2. The SMILES string of the molecule is CC[C@@H](NC(=O)c1ccc2c(c1)ncn2[C@H](C)c1ccccc1)c1ccccc1. The number of aromatic nitrogens is 2. The van der Waals surface area contributed by atoms with Crippen molar-refractivity contribution in [2.45, 2.75) is 32.4 Å². The first kappa shape index (κ1) is 18.9. The molecule has 1 N–H and O–H groups in total. The van der Waals surface area contributed by atoms with Crippen LogP contribution < -0.4 is 5.32 Å². The van der Waals surface area contributed by atoms with E-state index in [1.54, 1.807) is 0 Å². The Labute approximate surface area is 171 Å². The predicted molar refractivity (Wildman–Crippen MR) is 117 cm³/mol. The fourth-order valence-corrected chi connectivity index (χ4v) is 3.72. The maximum absolute atomic E-state index is 12.8. The number of amides is 1. The van der Waals surface area contributed by atoms with Crippen molar-refractivity contribution >= 4 is 16.9 Å². The molecule has 1 heterocycles. The minimum atomic E-state index is -0.0757. The monoisotopic (exact) mass is 383 g/mol. The van der Waals surface area contributed by atoms with Crippen LogP contribution in [0.1, 0.15) is 53.8 Å². The molecular formula is C25H25N3O. The van der Waals surface area contributed by atoms with Gasteiger partial charge in [-0.15, -0.1) is 0 Å². The van der Waals surface area contributed by atoms with E-state index in [9.17, 15) is 4.79 Å². The van der Waals surface area contributed by atoms with Crippen LogP contribution in [0.5, 0.6) is 0 Å². The minimum Gasteiger partial charge on any atom is -0.345 e. The molecule has 1 amide bonds. The molecule has 0 fully saturated rings. The van der Waals surface area contributed by atoms with Gasteiger partial charge in [0.1, 0.15) is 0 Å². The standard InChI is InChI=1S/C25H25N3O/c1-3-22(20-12-8-5-9-13-20)27-25(29)21-14-15-24-23(16-21)26-17-28(24)18(2)19-10-6-4-7-11-19/h4-18,22H,3H2,1-2H3,(H,27,29)/t18-,22-/m1/s1. The number of fused-ring (bicyclic) bond motifs is 1. The lowest BCUT2D eigenvalue weighted by Gasteiger charge is -2.18. The van der Waals surface area contributed by atoms with Crippen LogP contribution in [0.2, 0.25) is 0 Å². The molecule has 1 aromatic heterocycles. The van der Waals surface area contributed by atoms with Gasteiger partial charge in [-0.3, -0.25) is 4.79 Å². The van der Waals surface area contributed by atoms with Crippen LogP contribution in [0.15, 0.2) is 85.2 Å². The van der Waals surface area contributed by atoms with Crippen LogP contribution in [0.25, 0.3) is 11.0 Å². The molecule has 4 aromatic rings. The second kappa shape index (κ2) is 8.31. The molecule has 4 rings (SSSR count). The van der Waals surface area contributed by atoms with Crippen molar-refractivity contribution in [3.63, 3.8) is 0 Å². The summed E-state index contributed by atoms with van der Waals surface area (Å²) in [7, 11) is 0. The van der Waals surface area contributed by atoms with E-state index in [1.165, 1.54) is 5.56 Å². The third-order valence-corrected chi connectivity index (χ3v) is 5.45. The Bertz CT molecular complexity index is 1100. The molecule has 0 bridgehead atoms. The van der Waals surface area contributed by atoms with Gasteiger partial charge in [-0.05, 0) is 42.7 Å². The zero-order valence-corrected chi connectivity index (χ0v) is 16.7. The van der Waals surface area contributed by atoms with Crippen LogP contribution in [-0.4, -0.2) is 15.5 Å². The molecular weight excluding hydrogens is 358 g/mol. The normalized spacial score (nSPS) is 13.2. The van der Waals surface area contributed by atoms with Gasteiger partial charge >= 0.3 is 0 Å². The highest BCUT2D eigenvalue weighted by Crippen LogP contribution is 2.24. The summed E-state index contributed by atoms with van der Waals surface area (Å²) in [5, 5.41) is 3.15. The maximum atomic E-state index is 12.8.